The van der Waals surface area contributed by atoms with Crippen LogP contribution in [0.3, 0.4) is 0 Å². The maximum absolute atomic E-state index is 12.8. The van der Waals surface area contributed by atoms with Crippen LogP contribution in [0.2, 0.25) is 0 Å². The number of hydrogen-bond acceptors (Lipinski definition) is 7. The molecule has 0 spiro atoms. The summed E-state index contributed by atoms with van der Waals surface area (Å²) >= 11 is 1.33. The van der Waals surface area contributed by atoms with Crippen LogP contribution >= 0.6 is 11.3 Å². The Morgan fingerprint density at radius 3 is 2.58 bits per heavy atom. The Hall–Kier alpha value is -3.13. The maximum atomic E-state index is 12.8. The predicted molar refractivity (Wildman–Crippen MR) is 102 cm³/mol. The lowest BCUT2D eigenvalue weighted by atomic mass is 10.2. The average molecular weight is 368 g/mol. The topological polar surface area (TPSA) is 77.8 Å². The minimum absolute atomic E-state index is 0.241. The number of anilines is 1. The Labute approximate surface area is 152 Å². The fourth-order valence-corrected chi connectivity index (χ4v) is 3.47. The summed E-state index contributed by atoms with van der Waals surface area (Å²) in [6.07, 6.45) is 0. The maximum Gasteiger partial charge on any atom is 0.283 e. The van der Waals surface area contributed by atoms with E-state index in [4.69, 9.17) is 9.47 Å². The molecule has 26 heavy (non-hydrogen) atoms. The highest BCUT2D eigenvalue weighted by atomic mass is 32.1. The lowest BCUT2D eigenvalue weighted by Crippen LogP contribution is -2.15. The van der Waals surface area contributed by atoms with E-state index in [1.807, 2.05) is 30.3 Å². The second-order valence-electron chi connectivity index (χ2n) is 5.58. The quantitative estimate of drug-likeness (QED) is 0.584. The van der Waals surface area contributed by atoms with Crippen molar-refractivity contribution in [1.29, 1.82) is 0 Å². The van der Waals surface area contributed by atoms with Crippen LogP contribution in [0.15, 0.2) is 47.3 Å². The van der Waals surface area contributed by atoms with Crippen LogP contribution < -0.4 is 20.3 Å². The molecule has 4 aromatic rings. The fraction of sp³-hybridized carbons (Fsp3) is 0.167. The summed E-state index contributed by atoms with van der Waals surface area (Å²) in [5, 5.41) is 8.65. The number of aromatic nitrogens is 3. The number of ether oxygens (including phenoxy) is 2. The van der Waals surface area contributed by atoms with Crippen LogP contribution in [0, 0.1) is 0 Å². The molecule has 0 aliphatic rings. The summed E-state index contributed by atoms with van der Waals surface area (Å²) < 4.78 is 11.9. The van der Waals surface area contributed by atoms with E-state index in [0.29, 0.717) is 39.0 Å². The zero-order valence-electron chi connectivity index (χ0n) is 14.2. The zero-order valence-corrected chi connectivity index (χ0v) is 15.0. The minimum Gasteiger partial charge on any atom is -0.493 e. The molecule has 8 heteroatoms. The van der Waals surface area contributed by atoms with E-state index in [-0.39, 0.29) is 5.56 Å². The molecule has 132 valence electrons. The molecule has 7 nitrogen and oxygen atoms in total. The Kier molecular flexibility index (Phi) is 4.18. The van der Waals surface area contributed by atoms with Crippen molar-refractivity contribution in [1.82, 2.24) is 14.6 Å². The van der Waals surface area contributed by atoms with Gasteiger partial charge in [0.05, 0.1) is 25.1 Å². The molecular weight excluding hydrogens is 352 g/mol. The first-order valence-corrected chi connectivity index (χ1v) is 8.74. The van der Waals surface area contributed by atoms with Gasteiger partial charge in [0.25, 0.3) is 5.56 Å². The van der Waals surface area contributed by atoms with Crippen molar-refractivity contribution in [3.8, 4) is 11.5 Å². The number of nitrogens with one attached hydrogen (secondary N) is 1. The summed E-state index contributed by atoms with van der Waals surface area (Å²) in [4.78, 5) is 17.8. The number of rotatable bonds is 5. The standard InChI is InChI=1S/C18H16N4O3S/c1-24-14-8-12-13(9-15(14)25-2)20-18-22(16(12)23)21-17(26-18)19-10-11-6-4-3-5-7-11/h3-9H,10H2,1-2H3,(H,19,21). The molecule has 4 rings (SSSR count). The van der Waals surface area contributed by atoms with Gasteiger partial charge in [-0.1, -0.05) is 41.7 Å². The molecular formula is C18H16N4O3S. The largest absolute Gasteiger partial charge is 0.493 e. The molecule has 0 aliphatic carbocycles. The van der Waals surface area contributed by atoms with Crippen LogP contribution in [-0.2, 0) is 6.54 Å². The highest BCUT2D eigenvalue weighted by molar-refractivity contribution is 7.20. The van der Waals surface area contributed by atoms with Crippen molar-refractivity contribution in [3.63, 3.8) is 0 Å². The van der Waals surface area contributed by atoms with E-state index < -0.39 is 0 Å². The van der Waals surface area contributed by atoms with E-state index in [1.165, 1.54) is 23.0 Å². The Morgan fingerprint density at radius 2 is 1.85 bits per heavy atom. The lowest BCUT2D eigenvalue weighted by molar-refractivity contribution is 0.355. The lowest BCUT2D eigenvalue weighted by Gasteiger charge is -2.08. The summed E-state index contributed by atoms with van der Waals surface area (Å²) in [5.74, 6) is 1.01. The Balaban J connectivity index is 1.76. The molecule has 0 aliphatic heterocycles. The first-order chi connectivity index (χ1) is 12.7. The summed E-state index contributed by atoms with van der Waals surface area (Å²) in [6, 6.07) is 13.3. The molecule has 0 unspecified atom stereocenters. The van der Waals surface area contributed by atoms with Crippen LogP contribution in [0.25, 0.3) is 15.9 Å². The zero-order chi connectivity index (χ0) is 18.1. The highest BCUT2D eigenvalue weighted by Crippen LogP contribution is 2.31. The van der Waals surface area contributed by atoms with Crippen molar-refractivity contribution in [2.45, 2.75) is 6.54 Å². The minimum atomic E-state index is -0.241. The van der Waals surface area contributed by atoms with Gasteiger partial charge in [0.1, 0.15) is 0 Å². The first-order valence-electron chi connectivity index (χ1n) is 7.93. The number of fused-ring (bicyclic) bond motifs is 2. The van der Waals surface area contributed by atoms with Crippen molar-refractivity contribution in [3.05, 3.63) is 58.4 Å². The van der Waals surface area contributed by atoms with Crippen LogP contribution in [0.4, 0.5) is 5.13 Å². The fourth-order valence-electron chi connectivity index (χ4n) is 2.68. The van der Waals surface area contributed by atoms with E-state index in [9.17, 15) is 4.79 Å². The summed E-state index contributed by atoms with van der Waals surface area (Å²) in [5.41, 5.74) is 1.44. The molecule has 0 radical (unpaired) electrons. The molecule has 0 saturated heterocycles. The van der Waals surface area contributed by atoms with Gasteiger partial charge < -0.3 is 14.8 Å². The first kappa shape index (κ1) is 16.3. The van der Waals surface area contributed by atoms with Gasteiger partial charge in [-0.15, -0.1) is 5.10 Å². The molecule has 0 amide bonds. The van der Waals surface area contributed by atoms with E-state index in [0.717, 1.165) is 5.56 Å². The van der Waals surface area contributed by atoms with E-state index >= 15 is 0 Å². The van der Waals surface area contributed by atoms with Gasteiger partial charge in [0.15, 0.2) is 11.5 Å². The number of benzene rings is 2. The van der Waals surface area contributed by atoms with Gasteiger partial charge >= 0.3 is 0 Å². The Morgan fingerprint density at radius 1 is 1.12 bits per heavy atom. The third kappa shape index (κ3) is 2.84. The summed E-state index contributed by atoms with van der Waals surface area (Å²) in [6.45, 7) is 0.622. The van der Waals surface area contributed by atoms with E-state index in [1.54, 1.807) is 19.2 Å². The molecule has 0 bridgehead atoms. The van der Waals surface area contributed by atoms with Crippen molar-refractivity contribution in [2.24, 2.45) is 0 Å². The molecule has 2 aromatic heterocycles. The van der Waals surface area contributed by atoms with Crippen LogP contribution in [0.1, 0.15) is 5.56 Å². The Bertz CT molecular complexity index is 1140. The SMILES string of the molecule is COc1cc2nc3sc(NCc4ccccc4)nn3c(=O)c2cc1OC. The predicted octanol–water partition coefficient (Wildman–Crippen LogP) is 2.93. The molecule has 2 heterocycles. The van der Waals surface area contributed by atoms with Gasteiger partial charge in [0.2, 0.25) is 10.1 Å². The molecule has 0 atom stereocenters. The third-order valence-corrected chi connectivity index (χ3v) is 4.85. The normalized spacial score (nSPS) is 11.0. The molecule has 0 fully saturated rings. The number of nitrogens with zero attached hydrogens (tertiary/aromatic N) is 3. The van der Waals surface area contributed by atoms with E-state index in [2.05, 4.69) is 15.4 Å². The van der Waals surface area contributed by atoms with Crippen molar-refractivity contribution < 1.29 is 9.47 Å². The molecule has 0 saturated carbocycles. The van der Waals surface area contributed by atoms with Gasteiger partial charge in [-0.2, -0.15) is 4.52 Å². The summed E-state index contributed by atoms with van der Waals surface area (Å²) in [7, 11) is 3.08. The van der Waals surface area contributed by atoms with Gasteiger partial charge in [-0.25, -0.2) is 4.98 Å². The smallest absolute Gasteiger partial charge is 0.283 e. The van der Waals surface area contributed by atoms with Crippen molar-refractivity contribution in [2.75, 3.05) is 19.5 Å². The molecule has 2 aromatic carbocycles. The van der Waals surface area contributed by atoms with Gasteiger partial charge in [-0.05, 0) is 11.6 Å². The van der Waals surface area contributed by atoms with Crippen LogP contribution in [-0.4, -0.2) is 28.8 Å². The highest BCUT2D eigenvalue weighted by Gasteiger charge is 2.14. The third-order valence-electron chi connectivity index (χ3n) is 3.99. The van der Waals surface area contributed by atoms with Crippen molar-refractivity contribution >= 4 is 32.3 Å². The second kappa shape index (κ2) is 6.64. The van der Waals surface area contributed by atoms with Gasteiger partial charge in [-0.3, -0.25) is 4.79 Å². The molecule has 1 N–H and O–H groups in total. The monoisotopic (exact) mass is 368 g/mol. The van der Waals surface area contributed by atoms with Gasteiger partial charge in [0, 0.05) is 12.6 Å². The average Bonchev–Trinajstić information content (AvgIpc) is 3.09. The number of hydrogen-bond donors (Lipinski definition) is 1. The van der Waals surface area contributed by atoms with Crippen LogP contribution in [0.5, 0.6) is 11.5 Å². The second-order valence-corrected chi connectivity index (χ2v) is 6.54. The number of methoxy groups -OCH3 is 2.